The summed E-state index contributed by atoms with van der Waals surface area (Å²) in [6.07, 6.45) is 0.0966. The fraction of sp³-hybridized carbons (Fsp3) is 1.00. The number of hydrogen-bond acceptors (Lipinski definition) is 4. The monoisotopic (exact) mass is 290 g/mol. The molecule has 0 aromatic heterocycles. The first-order valence-corrected chi connectivity index (χ1v) is 7.93. The molecule has 90 valence electrons. The first-order valence-electron chi connectivity index (χ1n) is 4.63. The van der Waals surface area contributed by atoms with Crippen molar-refractivity contribution in [2.45, 2.75) is 38.2 Å². The first-order chi connectivity index (χ1) is 6.18. The Kier molecular flexibility index (Phi) is 6.95. The van der Waals surface area contributed by atoms with Crippen LogP contribution in [0.5, 0.6) is 0 Å². The zero-order valence-electron chi connectivity index (χ0n) is 9.57. The van der Waals surface area contributed by atoms with E-state index in [2.05, 4.69) is 0 Å². The van der Waals surface area contributed by atoms with Crippen LogP contribution >= 0.6 is 0 Å². The summed E-state index contributed by atoms with van der Waals surface area (Å²) in [5.74, 6) is -0.285. The van der Waals surface area contributed by atoms with Crippen LogP contribution in [-0.4, -0.2) is 32.4 Å². The Morgan fingerprint density at radius 3 is 1.27 bits per heavy atom. The molecule has 15 heavy (non-hydrogen) atoms. The van der Waals surface area contributed by atoms with Gasteiger partial charge in [0.1, 0.15) is 0 Å². The van der Waals surface area contributed by atoms with Crippen LogP contribution in [0.15, 0.2) is 0 Å². The van der Waals surface area contributed by atoms with Gasteiger partial charge in [0.05, 0.1) is 0 Å². The van der Waals surface area contributed by atoms with Gasteiger partial charge in [0.15, 0.2) is 23.8 Å². The molecule has 0 aliphatic heterocycles. The Hall–Kier alpha value is 0.614. The second-order valence-corrected chi connectivity index (χ2v) is 8.97. The molecule has 0 atom stereocenters. The summed E-state index contributed by atoms with van der Waals surface area (Å²) in [6.45, 7) is 5.81. The molecule has 0 spiro atoms. The Morgan fingerprint density at radius 1 is 0.867 bits per heavy atom. The van der Waals surface area contributed by atoms with Crippen LogP contribution in [0.2, 0.25) is 0 Å². The average Bonchev–Trinajstić information content (AvgIpc) is 2.15. The maximum Gasteiger partial charge on any atom is 0.170 e. The van der Waals surface area contributed by atoms with Crippen molar-refractivity contribution in [3.63, 3.8) is 0 Å². The molecule has 0 rings (SSSR count). The van der Waals surface area contributed by atoms with E-state index >= 15 is 0 Å². The maximum atomic E-state index is 11.7. The fourth-order valence-corrected chi connectivity index (χ4v) is 5.60. The Balaban J connectivity index is 0. The minimum Gasteiger partial charge on any atom is -0.227 e. The maximum absolute atomic E-state index is 11.7. The van der Waals surface area contributed by atoms with Gasteiger partial charge >= 0.3 is 0 Å². The van der Waals surface area contributed by atoms with Crippen LogP contribution in [0.4, 0.5) is 0 Å². The standard InChI is InChI=1S/C8H18O4S2.Ti/c1-5-8(4,13(9,10)6-2)14(11,12)7-3;/h5-7H2,1-4H3;. The smallest absolute Gasteiger partial charge is 0.170 e. The van der Waals surface area contributed by atoms with Gasteiger partial charge in [-0.05, 0) is 13.3 Å². The molecule has 0 amide bonds. The van der Waals surface area contributed by atoms with Crippen molar-refractivity contribution in [1.82, 2.24) is 0 Å². The molecule has 0 heterocycles. The minimum atomic E-state index is -3.57. The summed E-state index contributed by atoms with van der Waals surface area (Å²) in [7, 11) is -7.14. The molecule has 0 saturated heterocycles. The predicted molar refractivity (Wildman–Crippen MR) is 57.6 cm³/mol. The summed E-state index contributed by atoms with van der Waals surface area (Å²) in [5, 5.41) is 0. The van der Waals surface area contributed by atoms with Crippen molar-refractivity contribution in [2.75, 3.05) is 11.5 Å². The van der Waals surface area contributed by atoms with Gasteiger partial charge in [-0.3, -0.25) is 0 Å². The summed E-state index contributed by atoms with van der Waals surface area (Å²) in [4.78, 5) is 0. The van der Waals surface area contributed by atoms with E-state index in [0.29, 0.717) is 0 Å². The molecule has 0 saturated carbocycles. The molecule has 7 heteroatoms. The van der Waals surface area contributed by atoms with Gasteiger partial charge in [0.25, 0.3) is 0 Å². The van der Waals surface area contributed by atoms with Crippen LogP contribution in [0.3, 0.4) is 0 Å². The molecule has 0 aliphatic rings. The van der Waals surface area contributed by atoms with E-state index in [4.69, 9.17) is 0 Å². The van der Waals surface area contributed by atoms with Crippen molar-refractivity contribution in [2.24, 2.45) is 0 Å². The second-order valence-electron chi connectivity index (χ2n) is 3.29. The summed E-state index contributed by atoms with van der Waals surface area (Å²) < 4.78 is 45.1. The Morgan fingerprint density at radius 2 is 1.13 bits per heavy atom. The number of hydrogen-bond donors (Lipinski definition) is 0. The Labute approximate surface area is 108 Å². The van der Waals surface area contributed by atoms with Crippen LogP contribution in [0.1, 0.15) is 34.1 Å². The molecule has 0 bridgehead atoms. The molecule has 0 aliphatic carbocycles. The number of rotatable bonds is 5. The summed E-state index contributed by atoms with van der Waals surface area (Å²) >= 11 is 0. The van der Waals surface area contributed by atoms with Crippen molar-refractivity contribution in [1.29, 1.82) is 0 Å². The molecule has 0 N–H and O–H groups in total. The fourth-order valence-electron chi connectivity index (χ4n) is 1.24. The largest absolute Gasteiger partial charge is 0.227 e. The molecular formula is C8H18O4S2Ti. The van der Waals surface area contributed by atoms with Crippen LogP contribution in [0, 0.1) is 0 Å². The van der Waals surface area contributed by atoms with Gasteiger partial charge in [-0.2, -0.15) is 0 Å². The van der Waals surface area contributed by atoms with E-state index in [0.717, 1.165) is 0 Å². The van der Waals surface area contributed by atoms with Crippen molar-refractivity contribution < 1.29 is 38.6 Å². The molecule has 0 fully saturated rings. The van der Waals surface area contributed by atoms with E-state index in [9.17, 15) is 16.8 Å². The van der Waals surface area contributed by atoms with Gasteiger partial charge in [0.2, 0.25) is 0 Å². The van der Waals surface area contributed by atoms with E-state index < -0.39 is 23.8 Å². The van der Waals surface area contributed by atoms with Crippen LogP contribution in [-0.2, 0) is 41.4 Å². The average molecular weight is 290 g/mol. The van der Waals surface area contributed by atoms with Gasteiger partial charge in [-0.1, -0.05) is 20.8 Å². The van der Waals surface area contributed by atoms with E-state index in [1.165, 1.54) is 20.8 Å². The third-order valence-corrected chi connectivity index (χ3v) is 8.97. The minimum absolute atomic E-state index is 0. The van der Waals surface area contributed by atoms with Crippen molar-refractivity contribution in [3.8, 4) is 0 Å². The van der Waals surface area contributed by atoms with Crippen molar-refractivity contribution in [3.05, 3.63) is 0 Å². The van der Waals surface area contributed by atoms with E-state index in [1.807, 2.05) is 0 Å². The van der Waals surface area contributed by atoms with Crippen LogP contribution in [0.25, 0.3) is 0 Å². The van der Waals surface area contributed by atoms with Gasteiger partial charge < -0.3 is 0 Å². The summed E-state index contributed by atoms with van der Waals surface area (Å²) in [6, 6.07) is 0. The SMILES string of the molecule is CCC(C)(S(=O)(=O)CC)S(=O)(=O)CC.[Ti]. The molecular weight excluding hydrogens is 272 g/mol. The summed E-state index contributed by atoms with van der Waals surface area (Å²) in [5.41, 5.74) is 0. The molecule has 0 unspecified atom stereocenters. The molecule has 0 radical (unpaired) electrons. The zero-order valence-corrected chi connectivity index (χ0v) is 12.8. The predicted octanol–water partition coefficient (Wildman–Crippen LogP) is 0.980. The zero-order chi connectivity index (χ0) is 11.6. The molecule has 4 nitrogen and oxygen atoms in total. The van der Waals surface area contributed by atoms with Crippen molar-refractivity contribution >= 4 is 19.7 Å². The van der Waals surface area contributed by atoms with Gasteiger partial charge in [-0.25, -0.2) is 16.8 Å². The second kappa shape index (κ2) is 5.80. The first kappa shape index (κ1) is 18.0. The van der Waals surface area contributed by atoms with Gasteiger partial charge in [-0.15, -0.1) is 0 Å². The number of sulfone groups is 2. The normalized spacial score (nSPS) is 13.3. The van der Waals surface area contributed by atoms with Crippen LogP contribution < -0.4 is 0 Å². The molecule has 0 aromatic carbocycles. The molecule has 0 aromatic rings. The third kappa shape index (κ3) is 3.05. The van der Waals surface area contributed by atoms with Gasteiger partial charge in [0, 0.05) is 33.2 Å². The third-order valence-electron chi connectivity index (χ3n) is 2.72. The topological polar surface area (TPSA) is 68.3 Å². The van der Waals surface area contributed by atoms with E-state index in [-0.39, 0.29) is 39.6 Å². The quantitative estimate of drug-likeness (QED) is 0.708. The Bertz CT molecular complexity index is 349. The van der Waals surface area contributed by atoms with E-state index in [1.54, 1.807) is 6.92 Å².